The normalized spacial score (nSPS) is 18.5. The van der Waals surface area contributed by atoms with E-state index in [1.165, 1.54) is 0 Å². The number of benzene rings is 1. The highest BCUT2D eigenvalue weighted by molar-refractivity contribution is 6.64. The van der Waals surface area contributed by atoms with E-state index in [-0.39, 0.29) is 25.8 Å². The van der Waals surface area contributed by atoms with Crippen molar-refractivity contribution in [2.75, 3.05) is 13.7 Å². The lowest BCUT2D eigenvalue weighted by Gasteiger charge is -2.38. The van der Waals surface area contributed by atoms with Crippen molar-refractivity contribution < 1.29 is 28.7 Å². The third kappa shape index (κ3) is 3.68. The van der Waals surface area contributed by atoms with Gasteiger partial charge in [0.15, 0.2) is 0 Å². The number of nitrogens with zero attached hydrogens (tertiary/aromatic N) is 4. The van der Waals surface area contributed by atoms with Crippen molar-refractivity contribution in [2.45, 2.75) is 32.6 Å². The number of ether oxygens (including phenoxy) is 1. The zero-order valence-electron chi connectivity index (χ0n) is 17.8. The monoisotopic (exact) mass is 424 g/mol. The predicted molar refractivity (Wildman–Crippen MR) is 111 cm³/mol. The molecule has 1 atom stereocenters. The number of rotatable bonds is 6. The second-order valence-corrected chi connectivity index (χ2v) is 7.62. The molecule has 1 aromatic heterocycles. The molecule has 2 amide bonds. The molecule has 1 aromatic carbocycles. The van der Waals surface area contributed by atoms with Gasteiger partial charge in [-0.2, -0.15) is 4.79 Å². The Morgan fingerprint density at radius 1 is 1.26 bits per heavy atom. The Morgan fingerprint density at radius 3 is 2.61 bits per heavy atom. The lowest BCUT2D eigenvalue weighted by atomic mass is 9.71. The number of piperidine rings is 1. The van der Waals surface area contributed by atoms with Gasteiger partial charge in [0, 0.05) is 30.7 Å². The molecule has 9 nitrogen and oxygen atoms in total. The molecule has 1 aliphatic heterocycles. The van der Waals surface area contributed by atoms with Gasteiger partial charge in [0.05, 0.1) is 13.5 Å². The van der Waals surface area contributed by atoms with Crippen molar-refractivity contribution >= 4 is 40.2 Å². The molecule has 1 fully saturated rings. The molecule has 0 spiro atoms. The topological polar surface area (TPSA) is 122 Å². The van der Waals surface area contributed by atoms with E-state index in [4.69, 9.17) is 5.53 Å². The van der Waals surface area contributed by atoms with E-state index in [9.17, 15) is 19.2 Å². The average molecular weight is 424 g/mol. The molecule has 9 heteroatoms. The van der Waals surface area contributed by atoms with Crippen molar-refractivity contribution in [3.05, 3.63) is 41.6 Å². The van der Waals surface area contributed by atoms with E-state index in [1.54, 1.807) is 6.92 Å². The molecular formula is C22H24N4O5. The number of hydrogen-bond acceptors (Lipinski definition) is 5. The third-order valence-electron chi connectivity index (χ3n) is 5.99. The summed E-state index contributed by atoms with van der Waals surface area (Å²) in [6, 6.07) is 7.64. The number of carbonyl (C=O) groups excluding carboxylic acids is 4. The van der Waals surface area contributed by atoms with Gasteiger partial charge in [0.1, 0.15) is 5.41 Å². The summed E-state index contributed by atoms with van der Waals surface area (Å²) in [4.78, 5) is 55.2. The van der Waals surface area contributed by atoms with E-state index in [1.807, 2.05) is 42.1 Å². The molecule has 162 valence electrons. The van der Waals surface area contributed by atoms with Crippen molar-refractivity contribution in [1.82, 2.24) is 9.47 Å². The van der Waals surface area contributed by atoms with Gasteiger partial charge in [0.2, 0.25) is 11.8 Å². The van der Waals surface area contributed by atoms with Crippen LogP contribution in [-0.2, 0) is 37.4 Å². The van der Waals surface area contributed by atoms with Crippen molar-refractivity contribution in [3.8, 4) is 0 Å². The molecule has 2 aromatic rings. The number of para-hydroxylation sites is 1. The number of aryl methyl sites for hydroxylation is 1. The number of imide groups is 1. The SMILES string of the molecule is CCC1(C(=O)C(=[N+]=[N-])C(=O)OC)CCCN(C(=O)Cc2cn(C)c3ccccc23)C1=O. The molecule has 0 radical (unpaired) electrons. The molecule has 1 aliphatic rings. The van der Waals surface area contributed by atoms with Crippen LogP contribution in [0.25, 0.3) is 16.4 Å². The summed E-state index contributed by atoms with van der Waals surface area (Å²) in [7, 11) is 2.92. The maximum absolute atomic E-state index is 13.3. The summed E-state index contributed by atoms with van der Waals surface area (Å²) < 4.78 is 6.40. The second kappa shape index (κ2) is 8.65. The van der Waals surface area contributed by atoms with Gasteiger partial charge in [-0.3, -0.25) is 19.3 Å². The first-order valence-corrected chi connectivity index (χ1v) is 10.0. The number of likely N-dealkylation sites (tertiary alicyclic amines) is 1. The number of ketones is 1. The Balaban J connectivity index is 1.91. The minimum Gasteiger partial charge on any atom is -0.460 e. The minimum absolute atomic E-state index is 0.000966. The lowest BCUT2D eigenvalue weighted by Crippen LogP contribution is -2.57. The Morgan fingerprint density at radius 2 is 1.97 bits per heavy atom. The number of hydrogen-bond donors (Lipinski definition) is 0. The van der Waals surface area contributed by atoms with Crippen molar-refractivity contribution in [2.24, 2.45) is 12.5 Å². The molecule has 2 heterocycles. The van der Waals surface area contributed by atoms with Crippen LogP contribution in [-0.4, -0.2) is 57.2 Å². The highest BCUT2D eigenvalue weighted by Crippen LogP contribution is 2.36. The van der Waals surface area contributed by atoms with Gasteiger partial charge >= 0.3 is 11.7 Å². The summed E-state index contributed by atoms with van der Waals surface area (Å²) in [5, 5.41) is 0.918. The molecule has 0 saturated carbocycles. The molecule has 0 bridgehead atoms. The Bertz CT molecular complexity index is 1130. The highest BCUT2D eigenvalue weighted by atomic mass is 16.5. The van der Waals surface area contributed by atoms with E-state index < -0.39 is 34.7 Å². The molecule has 0 N–H and O–H groups in total. The quantitative estimate of drug-likeness (QED) is 0.230. The highest BCUT2D eigenvalue weighted by Gasteiger charge is 2.55. The molecule has 3 rings (SSSR count). The number of amides is 2. The van der Waals surface area contributed by atoms with E-state index in [0.29, 0.717) is 6.42 Å². The van der Waals surface area contributed by atoms with Gasteiger partial charge in [-0.05, 0) is 30.9 Å². The predicted octanol–water partition coefficient (Wildman–Crippen LogP) is 1.68. The van der Waals surface area contributed by atoms with E-state index >= 15 is 0 Å². The lowest BCUT2D eigenvalue weighted by molar-refractivity contribution is -0.159. The Hall–Kier alpha value is -3.58. The third-order valence-corrected chi connectivity index (χ3v) is 5.99. The zero-order chi connectivity index (χ0) is 22.8. The van der Waals surface area contributed by atoms with Crippen molar-refractivity contribution in [1.29, 1.82) is 0 Å². The summed E-state index contributed by atoms with van der Waals surface area (Å²) in [5.74, 6) is -3.17. The summed E-state index contributed by atoms with van der Waals surface area (Å²) in [6.07, 6.45) is 2.45. The Labute approximate surface area is 179 Å². The number of fused-ring (bicyclic) bond motifs is 1. The van der Waals surface area contributed by atoms with Crippen LogP contribution in [0.2, 0.25) is 0 Å². The van der Waals surface area contributed by atoms with Crippen molar-refractivity contribution in [3.63, 3.8) is 0 Å². The standard InChI is InChI=1S/C22H24N4O5/c1-4-22(19(28)18(24-23)20(29)31-3)10-7-11-26(21(22)30)17(27)12-14-13-25(2)16-9-6-5-8-15(14)16/h5-6,8-9,13H,4,7,10-12H2,1-3H3. The second-order valence-electron chi connectivity index (χ2n) is 7.62. The molecule has 1 saturated heterocycles. The van der Waals surface area contributed by atoms with Crippen LogP contribution >= 0.6 is 0 Å². The molecule has 0 aliphatic carbocycles. The van der Waals surface area contributed by atoms with Crippen LogP contribution < -0.4 is 0 Å². The largest absolute Gasteiger partial charge is 0.460 e. The number of carbonyl (C=O) groups is 4. The fourth-order valence-corrected chi connectivity index (χ4v) is 4.27. The van der Waals surface area contributed by atoms with E-state index in [0.717, 1.165) is 28.5 Å². The first kappa shape index (κ1) is 22.1. The molecule has 31 heavy (non-hydrogen) atoms. The Kier molecular flexibility index (Phi) is 6.17. The first-order valence-electron chi connectivity index (χ1n) is 10.0. The van der Waals surface area contributed by atoms with Crippen LogP contribution in [0.1, 0.15) is 31.7 Å². The van der Waals surface area contributed by atoms with E-state index in [2.05, 4.69) is 9.53 Å². The number of Topliss-reactive ketones (excluding diaryl/α,β-unsaturated/α-hetero) is 1. The van der Waals surface area contributed by atoms with Gasteiger partial charge in [0.25, 0.3) is 5.78 Å². The fourth-order valence-electron chi connectivity index (χ4n) is 4.27. The maximum atomic E-state index is 13.3. The van der Waals surface area contributed by atoms with Gasteiger partial charge in [-0.1, -0.05) is 25.1 Å². The van der Waals surface area contributed by atoms with Gasteiger partial charge < -0.3 is 14.8 Å². The van der Waals surface area contributed by atoms with Crippen LogP contribution in [0.3, 0.4) is 0 Å². The molecular weight excluding hydrogens is 400 g/mol. The zero-order valence-corrected chi connectivity index (χ0v) is 17.8. The summed E-state index contributed by atoms with van der Waals surface area (Å²) in [5.41, 5.74) is 8.42. The van der Waals surface area contributed by atoms with Gasteiger partial charge in [-0.25, -0.2) is 4.79 Å². The summed E-state index contributed by atoms with van der Waals surface area (Å²) >= 11 is 0. The number of methoxy groups -OCH3 is 1. The minimum atomic E-state index is -1.65. The van der Waals surface area contributed by atoms with Gasteiger partial charge in [-0.15, -0.1) is 0 Å². The van der Waals surface area contributed by atoms with Crippen LogP contribution in [0.5, 0.6) is 0 Å². The first-order chi connectivity index (χ1) is 14.8. The summed E-state index contributed by atoms with van der Waals surface area (Å²) in [6.45, 7) is 1.81. The van der Waals surface area contributed by atoms with Crippen LogP contribution in [0, 0.1) is 5.41 Å². The fraction of sp³-hybridized carbons (Fsp3) is 0.409. The number of aromatic nitrogens is 1. The molecule has 1 unspecified atom stereocenters. The smallest absolute Gasteiger partial charge is 0.442 e. The van der Waals surface area contributed by atoms with Crippen LogP contribution in [0.15, 0.2) is 30.5 Å². The maximum Gasteiger partial charge on any atom is 0.442 e. The average Bonchev–Trinajstić information content (AvgIpc) is 3.09. The number of esters is 1. The van der Waals surface area contributed by atoms with Crippen LogP contribution in [0.4, 0.5) is 0 Å².